The zero-order valence-electron chi connectivity index (χ0n) is 5.43. The minimum absolute atomic E-state index is 1.14. The molecule has 0 bridgehead atoms. The van der Waals surface area contributed by atoms with E-state index in [1.54, 1.807) is 0 Å². The van der Waals surface area contributed by atoms with Gasteiger partial charge in [-0.25, -0.2) is 0 Å². The topological polar surface area (TPSA) is 0 Å². The van der Waals surface area contributed by atoms with Gasteiger partial charge in [0.05, 0.1) is 0 Å². The molecule has 0 nitrogen and oxygen atoms in total. The highest BCUT2D eigenvalue weighted by molar-refractivity contribution is 7.16. The third-order valence-corrected chi connectivity index (χ3v) is 1.58. The van der Waals surface area contributed by atoms with Crippen molar-refractivity contribution in [3.05, 3.63) is 0 Å². The minimum atomic E-state index is -6.22. The van der Waals surface area contributed by atoms with E-state index < -0.39 is 24.2 Å². The molecule has 8 heteroatoms. The van der Waals surface area contributed by atoms with E-state index >= 15 is 0 Å². The largest absolute Gasteiger partial charge is 0.459 e. The molecule has 74 valence electrons. The van der Waals surface area contributed by atoms with Crippen molar-refractivity contribution in [3.63, 3.8) is 0 Å². The van der Waals surface area contributed by atoms with Gasteiger partial charge in [0, 0.05) is 6.16 Å². The van der Waals surface area contributed by atoms with E-state index in [-0.39, 0.29) is 0 Å². The van der Waals surface area contributed by atoms with Gasteiger partial charge >= 0.3 is 18.0 Å². The summed E-state index contributed by atoms with van der Waals surface area (Å²) < 4.78 is 81.3. The third-order valence-electron chi connectivity index (χ3n) is 1.07. The molecule has 12 heavy (non-hydrogen) atoms. The van der Waals surface area contributed by atoms with Crippen LogP contribution in [0.3, 0.4) is 0 Å². The van der Waals surface area contributed by atoms with Crippen LogP contribution >= 0.6 is 9.24 Å². The van der Waals surface area contributed by atoms with Gasteiger partial charge in [-0.05, 0) is 0 Å². The van der Waals surface area contributed by atoms with Crippen molar-refractivity contribution < 1.29 is 30.7 Å². The van der Waals surface area contributed by atoms with Gasteiger partial charge in [0.15, 0.2) is 0 Å². The highest BCUT2D eigenvalue weighted by Crippen LogP contribution is 2.46. The molecule has 0 rings (SSSR count). The molecule has 0 aliphatic heterocycles. The Morgan fingerprint density at radius 3 is 1.25 bits per heavy atom. The average Bonchev–Trinajstić information content (AvgIpc) is 1.85. The Morgan fingerprint density at radius 2 is 1.17 bits per heavy atom. The first-order valence-electron chi connectivity index (χ1n) is 2.58. The summed E-state index contributed by atoms with van der Waals surface area (Å²) >= 11 is 0. The summed E-state index contributed by atoms with van der Waals surface area (Å²) in [7, 11) is 1.14. The molecular formula is C4H4F7P. The summed E-state index contributed by atoms with van der Waals surface area (Å²) in [4.78, 5) is 0. The first-order chi connectivity index (χ1) is 5.06. The fourth-order valence-corrected chi connectivity index (χ4v) is 0.592. The molecule has 0 spiro atoms. The number of hydrogen-bond donors (Lipinski definition) is 0. The van der Waals surface area contributed by atoms with Crippen LogP contribution in [0.25, 0.3) is 0 Å². The smallest absolute Gasteiger partial charge is 0.199 e. The normalized spacial score (nSPS) is 15.0. The van der Waals surface area contributed by atoms with E-state index in [2.05, 4.69) is 0 Å². The summed E-state index contributed by atoms with van der Waals surface area (Å²) in [6.45, 7) is 0. The Labute approximate surface area is 65.3 Å². The first-order valence-corrected chi connectivity index (χ1v) is 3.40. The van der Waals surface area contributed by atoms with Crippen molar-refractivity contribution in [1.82, 2.24) is 0 Å². The van der Waals surface area contributed by atoms with E-state index in [0.29, 0.717) is 0 Å². The molecular weight excluding hydrogens is 212 g/mol. The predicted octanol–water partition coefficient (Wildman–Crippen LogP) is 2.69. The summed E-state index contributed by atoms with van der Waals surface area (Å²) in [5, 5.41) is 0. The molecule has 0 saturated carbocycles. The zero-order chi connectivity index (χ0) is 10.2. The molecule has 0 aromatic heterocycles. The summed E-state index contributed by atoms with van der Waals surface area (Å²) in [6, 6.07) is 0. The van der Waals surface area contributed by atoms with Crippen LogP contribution in [0, 0.1) is 0 Å². The second-order valence-corrected chi connectivity index (χ2v) is 2.39. The fourth-order valence-electron chi connectivity index (χ4n) is 0.336. The third kappa shape index (κ3) is 1.81. The maximum atomic E-state index is 11.9. The van der Waals surface area contributed by atoms with E-state index in [9.17, 15) is 30.7 Å². The van der Waals surface area contributed by atoms with Crippen LogP contribution in [-0.2, 0) is 0 Å². The average molecular weight is 216 g/mol. The lowest BCUT2D eigenvalue weighted by molar-refractivity contribution is -0.348. The van der Waals surface area contributed by atoms with Gasteiger partial charge in [0.25, 0.3) is 0 Å². The van der Waals surface area contributed by atoms with Crippen LogP contribution < -0.4 is 0 Å². The standard InChI is InChI=1S/C4H4F7P/c5-2(6,1-12)3(7,8)4(9,10)11/h1,12H2. The van der Waals surface area contributed by atoms with Gasteiger partial charge in [0.2, 0.25) is 0 Å². The molecule has 0 amide bonds. The van der Waals surface area contributed by atoms with Crippen LogP contribution in [0.4, 0.5) is 30.7 Å². The van der Waals surface area contributed by atoms with E-state index in [4.69, 9.17) is 0 Å². The van der Waals surface area contributed by atoms with Crippen molar-refractivity contribution in [2.24, 2.45) is 0 Å². The maximum Gasteiger partial charge on any atom is 0.459 e. The van der Waals surface area contributed by atoms with Crippen LogP contribution in [0.15, 0.2) is 0 Å². The van der Waals surface area contributed by atoms with Crippen LogP contribution in [0.2, 0.25) is 0 Å². The summed E-state index contributed by atoms with van der Waals surface area (Å²) in [5.41, 5.74) is 0. The quantitative estimate of drug-likeness (QED) is 0.491. The summed E-state index contributed by atoms with van der Waals surface area (Å²) in [5.74, 6) is -11.0. The molecule has 0 aliphatic rings. The summed E-state index contributed by atoms with van der Waals surface area (Å²) in [6.07, 6.45) is -7.85. The Bertz CT molecular complexity index is 159. The number of alkyl halides is 7. The molecule has 0 radical (unpaired) electrons. The van der Waals surface area contributed by atoms with Crippen LogP contribution in [0.1, 0.15) is 0 Å². The van der Waals surface area contributed by atoms with Gasteiger partial charge in [-0.3, -0.25) is 0 Å². The molecule has 0 aromatic carbocycles. The Morgan fingerprint density at radius 1 is 0.833 bits per heavy atom. The second-order valence-electron chi connectivity index (χ2n) is 1.98. The SMILES string of the molecule is FC(F)(F)C(F)(F)C(F)(F)CP. The molecule has 0 saturated heterocycles. The van der Waals surface area contributed by atoms with Gasteiger partial charge in [-0.1, -0.05) is 0 Å². The van der Waals surface area contributed by atoms with Gasteiger partial charge in [-0.2, -0.15) is 30.7 Å². The van der Waals surface area contributed by atoms with Crippen molar-refractivity contribution >= 4 is 9.24 Å². The molecule has 1 atom stereocenters. The van der Waals surface area contributed by atoms with Crippen molar-refractivity contribution in [2.75, 3.05) is 6.16 Å². The number of rotatable bonds is 2. The van der Waals surface area contributed by atoms with E-state index in [1.165, 1.54) is 0 Å². The monoisotopic (exact) mass is 216 g/mol. The maximum absolute atomic E-state index is 11.9. The van der Waals surface area contributed by atoms with Crippen molar-refractivity contribution in [2.45, 2.75) is 18.0 Å². The van der Waals surface area contributed by atoms with Crippen molar-refractivity contribution in [1.29, 1.82) is 0 Å². The molecule has 1 unspecified atom stereocenters. The Kier molecular flexibility index (Phi) is 3.00. The molecule has 0 aromatic rings. The molecule has 0 aliphatic carbocycles. The zero-order valence-corrected chi connectivity index (χ0v) is 6.58. The molecule has 0 heterocycles. The molecule has 0 N–H and O–H groups in total. The lowest BCUT2D eigenvalue weighted by atomic mass is 10.2. The van der Waals surface area contributed by atoms with Crippen LogP contribution in [-0.4, -0.2) is 24.2 Å². The minimum Gasteiger partial charge on any atom is -0.199 e. The van der Waals surface area contributed by atoms with Crippen LogP contribution in [0.5, 0.6) is 0 Å². The first kappa shape index (κ1) is 11.9. The van der Waals surface area contributed by atoms with Crippen molar-refractivity contribution in [3.8, 4) is 0 Å². The lowest BCUT2D eigenvalue weighted by Crippen LogP contribution is -2.52. The lowest BCUT2D eigenvalue weighted by Gasteiger charge is -2.26. The predicted molar refractivity (Wildman–Crippen MR) is 30.5 cm³/mol. The highest BCUT2D eigenvalue weighted by atomic mass is 31.0. The Balaban J connectivity index is 4.85. The van der Waals surface area contributed by atoms with Gasteiger partial charge in [-0.15, -0.1) is 9.24 Å². The van der Waals surface area contributed by atoms with Gasteiger partial charge < -0.3 is 0 Å². The van der Waals surface area contributed by atoms with E-state index in [0.717, 1.165) is 9.24 Å². The highest BCUT2D eigenvalue weighted by Gasteiger charge is 2.71. The second kappa shape index (κ2) is 3.01. The Hall–Kier alpha value is -0.0600. The molecule has 0 fully saturated rings. The number of hydrogen-bond acceptors (Lipinski definition) is 0. The van der Waals surface area contributed by atoms with Gasteiger partial charge in [0.1, 0.15) is 0 Å². The number of halogens is 7. The van der Waals surface area contributed by atoms with E-state index in [1.807, 2.05) is 0 Å². The fraction of sp³-hybridized carbons (Fsp3) is 1.00.